The Kier molecular flexibility index (Phi) is 3.35. The minimum atomic E-state index is 0.338. The van der Waals surface area contributed by atoms with E-state index in [2.05, 4.69) is 4.98 Å². The first-order valence-corrected chi connectivity index (χ1v) is 5.06. The molecule has 0 saturated carbocycles. The van der Waals surface area contributed by atoms with Crippen molar-refractivity contribution >= 4 is 6.29 Å². The minimum absolute atomic E-state index is 0.338. The van der Waals surface area contributed by atoms with E-state index in [4.69, 9.17) is 9.47 Å². The van der Waals surface area contributed by atoms with Gasteiger partial charge in [-0.3, -0.25) is 4.79 Å². The van der Waals surface area contributed by atoms with Crippen LogP contribution in [0, 0.1) is 0 Å². The van der Waals surface area contributed by atoms with Gasteiger partial charge in [0.25, 0.3) is 0 Å². The van der Waals surface area contributed by atoms with Gasteiger partial charge in [-0.25, -0.2) is 4.98 Å². The van der Waals surface area contributed by atoms with Crippen LogP contribution in [0.25, 0.3) is 0 Å². The molecular weight excluding hydrogens is 218 g/mol. The zero-order valence-electron chi connectivity index (χ0n) is 9.29. The van der Waals surface area contributed by atoms with Crippen molar-refractivity contribution in [1.82, 2.24) is 4.98 Å². The minimum Gasteiger partial charge on any atom is -0.497 e. The molecule has 1 aromatic heterocycles. The molecule has 4 nitrogen and oxygen atoms in total. The fourth-order valence-electron chi connectivity index (χ4n) is 1.34. The highest BCUT2D eigenvalue weighted by molar-refractivity contribution is 5.71. The highest BCUT2D eigenvalue weighted by Crippen LogP contribution is 2.23. The van der Waals surface area contributed by atoms with Crippen molar-refractivity contribution in [3.05, 3.63) is 48.2 Å². The lowest BCUT2D eigenvalue weighted by Gasteiger charge is -2.06. The summed E-state index contributed by atoms with van der Waals surface area (Å²) in [6.07, 6.45) is 0.679. The van der Waals surface area contributed by atoms with E-state index in [1.807, 2.05) is 12.1 Å². The fraction of sp³-hybridized carbons (Fsp3) is 0.0769. The van der Waals surface area contributed by atoms with Crippen LogP contribution in [-0.4, -0.2) is 18.4 Å². The number of benzene rings is 1. The molecule has 0 aliphatic rings. The number of hydrogen-bond acceptors (Lipinski definition) is 4. The Hall–Kier alpha value is -2.36. The summed E-state index contributed by atoms with van der Waals surface area (Å²) in [5.74, 6) is 1.69. The molecule has 0 aliphatic heterocycles. The summed E-state index contributed by atoms with van der Waals surface area (Å²) in [5, 5.41) is 0. The Morgan fingerprint density at radius 1 is 1.12 bits per heavy atom. The van der Waals surface area contributed by atoms with Crippen LogP contribution in [0.4, 0.5) is 0 Å². The monoisotopic (exact) mass is 229 g/mol. The molecule has 0 atom stereocenters. The molecule has 86 valence electrons. The molecule has 17 heavy (non-hydrogen) atoms. The average molecular weight is 229 g/mol. The lowest BCUT2D eigenvalue weighted by atomic mass is 10.3. The normalized spacial score (nSPS) is 9.71. The molecule has 0 amide bonds. The van der Waals surface area contributed by atoms with Crippen molar-refractivity contribution in [1.29, 1.82) is 0 Å². The quantitative estimate of drug-likeness (QED) is 0.756. The van der Waals surface area contributed by atoms with E-state index >= 15 is 0 Å². The van der Waals surface area contributed by atoms with Gasteiger partial charge in [0, 0.05) is 12.1 Å². The van der Waals surface area contributed by atoms with Gasteiger partial charge in [-0.15, -0.1) is 0 Å². The Bertz CT molecular complexity index is 526. The molecule has 0 spiro atoms. The van der Waals surface area contributed by atoms with E-state index in [1.165, 1.54) is 0 Å². The van der Waals surface area contributed by atoms with Crippen LogP contribution in [0.3, 0.4) is 0 Å². The van der Waals surface area contributed by atoms with Crippen LogP contribution in [0.2, 0.25) is 0 Å². The average Bonchev–Trinajstić information content (AvgIpc) is 2.39. The molecule has 0 unspecified atom stereocenters. The first-order valence-electron chi connectivity index (χ1n) is 5.06. The predicted molar refractivity (Wildman–Crippen MR) is 62.7 cm³/mol. The second kappa shape index (κ2) is 5.12. The van der Waals surface area contributed by atoms with Gasteiger partial charge < -0.3 is 9.47 Å². The maximum Gasteiger partial charge on any atom is 0.219 e. The summed E-state index contributed by atoms with van der Waals surface area (Å²) in [6, 6.07) is 12.2. The van der Waals surface area contributed by atoms with E-state index in [0.29, 0.717) is 29.4 Å². The number of aromatic nitrogens is 1. The van der Waals surface area contributed by atoms with E-state index < -0.39 is 0 Å². The fourth-order valence-corrected chi connectivity index (χ4v) is 1.34. The van der Waals surface area contributed by atoms with E-state index in [0.717, 1.165) is 0 Å². The number of hydrogen-bond donors (Lipinski definition) is 0. The van der Waals surface area contributed by atoms with Crippen LogP contribution in [0.15, 0.2) is 42.5 Å². The van der Waals surface area contributed by atoms with Gasteiger partial charge in [0.15, 0.2) is 6.29 Å². The second-order valence-corrected chi connectivity index (χ2v) is 3.30. The number of nitrogens with zero attached hydrogens (tertiary/aromatic N) is 1. The lowest BCUT2D eigenvalue weighted by Crippen LogP contribution is -1.92. The van der Waals surface area contributed by atoms with Crippen LogP contribution in [0.5, 0.6) is 17.4 Å². The highest BCUT2D eigenvalue weighted by atomic mass is 16.5. The first-order chi connectivity index (χ1) is 8.31. The van der Waals surface area contributed by atoms with Gasteiger partial charge in [0.1, 0.15) is 17.2 Å². The van der Waals surface area contributed by atoms with Crippen molar-refractivity contribution in [3.8, 4) is 17.4 Å². The smallest absolute Gasteiger partial charge is 0.219 e. The molecule has 0 fully saturated rings. The van der Waals surface area contributed by atoms with Gasteiger partial charge in [0.05, 0.1) is 7.11 Å². The number of carbonyl (C=O) groups is 1. The summed E-state index contributed by atoms with van der Waals surface area (Å²) >= 11 is 0. The summed E-state index contributed by atoms with van der Waals surface area (Å²) in [4.78, 5) is 14.6. The number of pyridine rings is 1. The Balaban J connectivity index is 2.21. The predicted octanol–water partition coefficient (Wildman–Crippen LogP) is 2.70. The standard InChI is InChI=1S/C13H11NO3/c1-16-11-5-3-6-12(8-11)17-13-7-2-4-10(9-15)14-13/h2-9H,1H3. The molecule has 0 N–H and O–H groups in total. The summed E-state index contributed by atoms with van der Waals surface area (Å²) in [5.41, 5.74) is 0.338. The molecule has 2 aromatic rings. The number of ether oxygens (including phenoxy) is 2. The number of aldehydes is 1. The van der Waals surface area contributed by atoms with E-state index in [-0.39, 0.29) is 0 Å². The van der Waals surface area contributed by atoms with Gasteiger partial charge in [-0.05, 0) is 18.2 Å². The molecule has 0 saturated heterocycles. The van der Waals surface area contributed by atoms with Crippen molar-refractivity contribution in [2.24, 2.45) is 0 Å². The molecule has 1 aromatic carbocycles. The van der Waals surface area contributed by atoms with Crippen LogP contribution in [-0.2, 0) is 0 Å². The molecule has 1 heterocycles. The topological polar surface area (TPSA) is 48.4 Å². The number of carbonyl (C=O) groups excluding carboxylic acids is 1. The third-order valence-electron chi connectivity index (χ3n) is 2.13. The van der Waals surface area contributed by atoms with E-state index in [9.17, 15) is 4.79 Å². The lowest BCUT2D eigenvalue weighted by molar-refractivity contribution is 0.111. The van der Waals surface area contributed by atoms with Crippen LogP contribution >= 0.6 is 0 Å². The number of methoxy groups -OCH3 is 1. The van der Waals surface area contributed by atoms with E-state index in [1.54, 1.807) is 37.4 Å². The molecule has 0 aliphatic carbocycles. The molecule has 0 bridgehead atoms. The first kappa shape index (κ1) is 11.1. The summed E-state index contributed by atoms with van der Waals surface area (Å²) in [6.45, 7) is 0. The van der Waals surface area contributed by atoms with Crippen LogP contribution in [0.1, 0.15) is 10.5 Å². The zero-order valence-corrected chi connectivity index (χ0v) is 9.29. The molecule has 2 rings (SSSR count). The zero-order chi connectivity index (χ0) is 12.1. The summed E-state index contributed by atoms with van der Waals surface area (Å²) in [7, 11) is 1.59. The van der Waals surface area contributed by atoms with Gasteiger partial charge >= 0.3 is 0 Å². The highest BCUT2D eigenvalue weighted by Gasteiger charge is 2.01. The summed E-state index contributed by atoms with van der Waals surface area (Å²) < 4.78 is 10.6. The van der Waals surface area contributed by atoms with Gasteiger partial charge in [-0.1, -0.05) is 12.1 Å². The van der Waals surface area contributed by atoms with Gasteiger partial charge in [0.2, 0.25) is 5.88 Å². The van der Waals surface area contributed by atoms with Crippen molar-refractivity contribution in [2.75, 3.05) is 7.11 Å². The third-order valence-corrected chi connectivity index (χ3v) is 2.13. The Morgan fingerprint density at radius 2 is 1.88 bits per heavy atom. The number of rotatable bonds is 4. The maximum atomic E-state index is 10.6. The SMILES string of the molecule is COc1cccc(Oc2cccc(C=O)n2)c1. The van der Waals surface area contributed by atoms with Crippen LogP contribution < -0.4 is 9.47 Å². The second-order valence-electron chi connectivity index (χ2n) is 3.30. The molecular formula is C13H11NO3. The maximum absolute atomic E-state index is 10.6. The molecule has 4 heteroatoms. The van der Waals surface area contributed by atoms with Crippen molar-refractivity contribution in [2.45, 2.75) is 0 Å². The Labute approximate surface area is 98.8 Å². The third kappa shape index (κ3) is 2.81. The molecule has 0 radical (unpaired) electrons. The Morgan fingerprint density at radius 3 is 2.65 bits per heavy atom. The van der Waals surface area contributed by atoms with Crippen molar-refractivity contribution < 1.29 is 14.3 Å². The van der Waals surface area contributed by atoms with Gasteiger partial charge in [-0.2, -0.15) is 0 Å². The van der Waals surface area contributed by atoms with Crippen molar-refractivity contribution in [3.63, 3.8) is 0 Å². The largest absolute Gasteiger partial charge is 0.497 e.